The average molecular weight is 428 g/mol. The lowest BCUT2D eigenvalue weighted by atomic mass is 10.1. The second-order valence-electron chi connectivity index (χ2n) is 8.58. The highest BCUT2D eigenvalue weighted by atomic mass is 19.1. The molecule has 0 radical (unpaired) electrons. The zero-order chi connectivity index (χ0) is 22.0. The van der Waals surface area contributed by atoms with E-state index in [4.69, 9.17) is 4.74 Å². The molecular formula is C22H25FN4O4. The van der Waals surface area contributed by atoms with E-state index in [0.717, 1.165) is 19.4 Å². The Balaban J connectivity index is 1.90. The number of anilines is 1. The topological polar surface area (TPSA) is 90.8 Å². The molecule has 1 saturated heterocycles. The molecule has 0 spiro atoms. The molecule has 2 fully saturated rings. The SMILES string of the molecule is COc1c(N2CCN(C)C(C)C2)c(F)cc2c(=O)c3c(O)[nH]c(=O)cc3n(C3CC3)c12. The number of H-pyrrole nitrogens is 1. The predicted molar refractivity (Wildman–Crippen MR) is 117 cm³/mol. The largest absolute Gasteiger partial charge is 0.494 e. The third-order valence-corrected chi connectivity index (χ3v) is 6.55. The zero-order valence-corrected chi connectivity index (χ0v) is 17.7. The van der Waals surface area contributed by atoms with Crippen molar-refractivity contribution >= 4 is 27.5 Å². The first-order valence-electron chi connectivity index (χ1n) is 10.5. The molecule has 9 heteroatoms. The van der Waals surface area contributed by atoms with Gasteiger partial charge in [0.1, 0.15) is 11.1 Å². The summed E-state index contributed by atoms with van der Waals surface area (Å²) in [5, 5.41) is 10.4. The standard InChI is InChI=1S/C22H25FN4O4/c1-11-10-26(7-6-25(11)2)19-14(23)8-13-18(21(19)31-3)27(12-4-5-12)15-9-16(28)24-22(30)17(15)20(13)29/h8-9,11-12H,4-7,10H2,1-3H3,(H2,24,28,30). The van der Waals surface area contributed by atoms with Crippen molar-refractivity contribution in [2.75, 3.05) is 38.7 Å². The van der Waals surface area contributed by atoms with Crippen LogP contribution < -0.4 is 20.6 Å². The molecule has 1 aromatic carbocycles. The van der Waals surface area contributed by atoms with Gasteiger partial charge in [-0.15, -0.1) is 0 Å². The number of hydrogen-bond acceptors (Lipinski definition) is 6. The third kappa shape index (κ3) is 2.98. The highest BCUT2D eigenvalue weighted by molar-refractivity contribution is 6.00. The number of nitrogens with zero attached hydrogens (tertiary/aromatic N) is 3. The molecule has 2 aromatic heterocycles. The van der Waals surface area contributed by atoms with Crippen molar-refractivity contribution in [3.63, 3.8) is 0 Å². The fourth-order valence-corrected chi connectivity index (χ4v) is 4.67. The van der Waals surface area contributed by atoms with Gasteiger partial charge in [-0.25, -0.2) is 4.39 Å². The minimum atomic E-state index is -0.538. The number of aromatic amines is 1. The summed E-state index contributed by atoms with van der Waals surface area (Å²) in [6.07, 6.45) is 1.73. The summed E-state index contributed by atoms with van der Waals surface area (Å²) >= 11 is 0. The Morgan fingerprint density at radius 3 is 2.61 bits per heavy atom. The molecule has 0 amide bonds. The van der Waals surface area contributed by atoms with Crippen LogP contribution in [0.3, 0.4) is 0 Å². The van der Waals surface area contributed by atoms with Crippen LogP contribution >= 0.6 is 0 Å². The van der Waals surface area contributed by atoms with E-state index < -0.39 is 22.7 Å². The maximum absolute atomic E-state index is 15.5. The monoisotopic (exact) mass is 428 g/mol. The molecule has 1 aliphatic carbocycles. The highest BCUT2D eigenvalue weighted by Crippen LogP contribution is 2.45. The number of hydrogen-bond donors (Lipinski definition) is 2. The van der Waals surface area contributed by atoms with E-state index in [-0.39, 0.29) is 28.6 Å². The molecular weight excluding hydrogens is 403 g/mol. The Morgan fingerprint density at radius 1 is 1.23 bits per heavy atom. The van der Waals surface area contributed by atoms with E-state index in [9.17, 15) is 14.7 Å². The Labute approximate surface area is 177 Å². The lowest BCUT2D eigenvalue weighted by Gasteiger charge is -2.39. The summed E-state index contributed by atoms with van der Waals surface area (Å²) in [4.78, 5) is 31.8. The number of pyridine rings is 2. The lowest BCUT2D eigenvalue weighted by molar-refractivity contribution is 0.232. The van der Waals surface area contributed by atoms with Crippen LogP contribution in [0.25, 0.3) is 21.8 Å². The van der Waals surface area contributed by atoms with Gasteiger partial charge >= 0.3 is 0 Å². The summed E-state index contributed by atoms with van der Waals surface area (Å²) < 4.78 is 23.1. The Hall–Kier alpha value is -3.07. The molecule has 0 bridgehead atoms. The lowest BCUT2D eigenvalue weighted by Crippen LogP contribution is -2.50. The Kier molecular flexibility index (Phi) is 4.47. The minimum Gasteiger partial charge on any atom is -0.494 e. The van der Waals surface area contributed by atoms with Crippen molar-refractivity contribution in [1.29, 1.82) is 0 Å². The van der Waals surface area contributed by atoms with Crippen LogP contribution in [0.4, 0.5) is 10.1 Å². The average Bonchev–Trinajstić information content (AvgIpc) is 3.54. The van der Waals surface area contributed by atoms with Gasteiger partial charge in [0.25, 0.3) is 5.56 Å². The molecule has 8 nitrogen and oxygen atoms in total. The molecule has 2 aliphatic rings. The summed E-state index contributed by atoms with van der Waals surface area (Å²) in [6.45, 7) is 4.11. The molecule has 3 heterocycles. The number of methoxy groups -OCH3 is 1. The molecule has 5 rings (SSSR count). The summed E-state index contributed by atoms with van der Waals surface area (Å²) in [5.74, 6) is -0.749. The number of nitrogens with one attached hydrogen (secondary N) is 1. The molecule has 3 aromatic rings. The van der Waals surface area contributed by atoms with Crippen LogP contribution in [-0.2, 0) is 0 Å². The van der Waals surface area contributed by atoms with Crippen molar-refractivity contribution in [3.8, 4) is 11.6 Å². The van der Waals surface area contributed by atoms with Gasteiger partial charge in [0, 0.05) is 37.8 Å². The van der Waals surface area contributed by atoms with Crippen LogP contribution in [0.2, 0.25) is 0 Å². The van der Waals surface area contributed by atoms with E-state index in [2.05, 4.69) is 16.8 Å². The van der Waals surface area contributed by atoms with Crippen molar-refractivity contribution in [1.82, 2.24) is 14.5 Å². The number of aromatic hydroxyl groups is 1. The first-order chi connectivity index (χ1) is 14.8. The number of benzene rings is 1. The Bertz CT molecular complexity index is 1330. The second kappa shape index (κ2) is 6.98. The van der Waals surface area contributed by atoms with Crippen LogP contribution in [0.5, 0.6) is 11.6 Å². The smallest absolute Gasteiger partial charge is 0.252 e. The predicted octanol–water partition coefficient (Wildman–Crippen LogP) is 2.17. The van der Waals surface area contributed by atoms with E-state index in [1.165, 1.54) is 19.2 Å². The van der Waals surface area contributed by atoms with Gasteiger partial charge in [-0.05, 0) is 32.9 Å². The van der Waals surface area contributed by atoms with Gasteiger partial charge < -0.3 is 24.2 Å². The normalized spacial score (nSPS) is 20.0. The van der Waals surface area contributed by atoms with Gasteiger partial charge in [-0.1, -0.05) is 0 Å². The van der Waals surface area contributed by atoms with Gasteiger partial charge in [-0.3, -0.25) is 14.6 Å². The molecule has 164 valence electrons. The maximum atomic E-state index is 15.5. The number of aromatic nitrogens is 2. The summed E-state index contributed by atoms with van der Waals surface area (Å²) in [6, 6.07) is 2.83. The highest BCUT2D eigenvalue weighted by Gasteiger charge is 2.33. The zero-order valence-electron chi connectivity index (χ0n) is 17.7. The quantitative estimate of drug-likeness (QED) is 0.622. The van der Waals surface area contributed by atoms with Gasteiger partial charge in [-0.2, -0.15) is 0 Å². The number of likely N-dealkylation sites (N-methyl/N-ethyl adjacent to an activating group) is 1. The molecule has 1 aliphatic heterocycles. The van der Waals surface area contributed by atoms with Gasteiger partial charge in [0.2, 0.25) is 11.3 Å². The van der Waals surface area contributed by atoms with Gasteiger partial charge in [0.15, 0.2) is 11.6 Å². The van der Waals surface area contributed by atoms with Crippen LogP contribution in [0.15, 0.2) is 21.7 Å². The number of piperazine rings is 1. The van der Waals surface area contributed by atoms with E-state index in [1.54, 1.807) is 0 Å². The molecule has 1 saturated carbocycles. The first kappa shape index (κ1) is 19.9. The summed E-state index contributed by atoms with van der Waals surface area (Å²) in [7, 11) is 3.51. The number of rotatable bonds is 3. The van der Waals surface area contributed by atoms with Crippen molar-refractivity contribution in [2.45, 2.75) is 31.8 Å². The third-order valence-electron chi connectivity index (χ3n) is 6.55. The van der Waals surface area contributed by atoms with E-state index in [1.807, 2.05) is 16.5 Å². The van der Waals surface area contributed by atoms with E-state index in [0.29, 0.717) is 29.8 Å². The summed E-state index contributed by atoms with van der Waals surface area (Å²) in [5.41, 5.74) is 0.0926. The molecule has 1 atom stereocenters. The number of ether oxygens (including phenoxy) is 1. The minimum absolute atomic E-state index is 0.0126. The van der Waals surface area contributed by atoms with E-state index >= 15 is 4.39 Å². The molecule has 1 unspecified atom stereocenters. The second-order valence-corrected chi connectivity index (χ2v) is 8.58. The van der Waals surface area contributed by atoms with Crippen LogP contribution in [-0.4, -0.2) is 59.4 Å². The number of halogens is 1. The molecule has 31 heavy (non-hydrogen) atoms. The van der Waals surface area contributed by atoms with Crippen LogP contribution in [0.1, 0.15) is 25.8 Å². The fourth-order valence-electron chi connectivity index (χ4n) is 4.67. The Morgan fingerprint density at radius 2 is 1.97 bits per heavy atom. The molecule has 2 N–H and O–H groups in total. The van der Waals surface area contributed by atoms with Crippen molar-refractivity contribution in [3.05, 3.63) is 38.5 Å². The fraction of sp³-hybridized carbons (Fsp3) is 0.455. The van der Waals surface area contributed by atoms with Gasteiger partial charge in [0.05, 0.1) is 23.5 Å². The van der Waals surface area contributed by atoms with Crippen molar-refractivity contribution in [2.24, 2.45) is 0 Å². The maximum Gasteiger partial charge on any atom is 0.252 e. The first-order valence-corrected chi connectivity index (χ1v) is 10.5. The van der Waals surface area contributed by atoms with Crippen molar-refractivity contribution < 1.29 is 14.2 Å². The number of fused-ring (bicyclic) bond motifs is 2. The van der Waals surface area contributed by atoms with Crippen LogP contribution in [0, 0.1) is 5.82 Å².